The topological polar surface area (TPSA) is 111 Å². The molecule has 2 N–H and O–H groups in total. The second-order valence-corrected chi connectivity index (χ2v) is 5.09. The van der Waals surface area contributed by atoms with E-state index in [9.17, 15) is 19.7 Å². The summed E-state index contributed by atoms with van der Waals surface area (Å²) in [6.07, 6.45) is 0.0932. The van der Waals surface area contributed by atoms with Gasteiger partial charge in [-0.2, -0.15) is 0 Å². The van der Waals surface area contributed by atoms with Gasteiger partial charge in [0.1, 0.15) is 5.75 Å². The highest BCUT2D eigenvalue weighted by atomic mass is 16.6. The number of hydrogen-bond acceptors (Lipinski definition) is 5. The molecule has 130 valence electrons. The Labute approximate surface area is 144 Å². The zero-order valence-corrected chi connectivity index (χ0v) is 13.5. The van der Waals surface area contributed by atoms with Crippen LogP contribution in [0.15, 0.2) is 48.5 Å². The molecule has 2 aromatic rings. The Morgan fingerprint density at radius 1 is 1.16 bits per heavy atom. The maximum Gasteiger partial charge on any atom is 0.269 e. The summed E-state index contributed by atoms with van der Waals surface area (Å²) in [6.45, 7) is 0.144. The van der Waals surface area contributed by atoms with Gasteiger partial charge in [0.15, 0.2) is 0 Å². The van der Waals surface area contributed by atoms with Crippen LogP contribution in [0.2, 0.25) is 0 Å². The normalized spacial score (nSPS) is 9.96. The molecule has 0 saturated heterocycles. The lowest BCUT2D eigenvalue weighted by molar-refractivity contribution is -0.384. The predicted molar refractivity (Wildman–Crippen MR) is 91.7 cm³/mol. The lowest BCUT2D eigenvalue weighted by atomic mass is 10.2. The number of rotatable bonds is 7. The van der Waals surface area contributed by atoms with Gasteiger partial charge in [-0.25, -0.2) is 0 Å². The lowest BCUT2D eigenvalue weighted by Crippen LogP contribution is -2.27. The van der Waals surface area contributed by atoms with Gasteiger partial charge in [0.05, 0.1) is 12.0 Å². The minimum atomic E-state index is -0.537. The van der Waals surface area contributed by atoms with E-state index < -0.39 is 10.8 Å². The summed E-state index contributed by atoms with van der Waals surface area (Å²) < 4.78 is 5.07. The smallest absolute Gasteiger partial charge is 0.269 e. The first-order valence-electron chi connectivity index (χ1n) is 7.46. The van der Waals surface area contributed by atoms with E-state index in [1.807, 2.05) is 0 Å². The summed E-state index contributed by atoms with van der Waals surface area (Å²) >= 11 is 0. The van der Waals surface area contributed by atoms with Gasteiger partial charge in [-0.15, -0.1) is 0 Å². The number of nitrogens with zero attached hydrogens (tertiary/aromatic N) is 1. The maximum atomic E-state index is 11.9. The van der Waals surface area contributed by atoms with E-state index in [1.54, 1.807) is 24.3 Å². The van der Waals surface area contributed by atoms with Crippen molar-refractivity contribution in [2.45, 2.75) is 6.42 Å². The number of carbonyl (C=O) groups excluding carboxylic acids is 2. The molecule has 0 saturated carbocycles. The van der Waals surface area contributed by atoms with Crippen molar-refractivity contribution in [3.8, 4) is 5.75 Å². The number of carbonyl (C=O) groups is 2. The van der Waals surface area contributed by atoms with E-state index in [0.717, 1.165) is 0 Å². The molecule has 0 aliphatic carbocycles. The largest absolute Gasteiger partial charge is 0.497 e. The van der Waals surface area contributed by atoms with E-state index in [2.05, 4.69) is 10.6 Å². The van der Waals surface area contributed by atoms with Gasteiger partial charge in [0, 0.05) is 42.4 Å². The van der Waals surface area contributed by atoms with Crippen LogP contribution in [0.4, 0.5) is 11.4 Å². The summed E-state index contributed by atoms with van der Waals surface area (Å²) in [5, 5.41) is 15.9. The molecule has 2 rings (SSSR count). The summed E-state index contributed by atoms with van der Waals surface area (Å²) in [6, 6.07) is 12.2. The van der Waals surface area contributed by atoms with Crippen LogP contribution in [0.1, 0.15) is 16.8 Å². The van der Waals surface area contributed by atoms with Crippen molar-refractivity contribution >= 4 is 23.2 Å². The van der Waals surface area contributed by atoms with Gasteiger partial charge in [0.2, 0.25) is 5.91 Å². The van der Waals surface area contributed by atoms with E-state index in [1.165, 1.54) is 31.4 Å². The van der Waals surface area contributed by atoms with Crippen molar-refractivity contribution in [1.82, 2.24) is 5.32 Å². The van der Waals surface area contributed by atoms with Crippen LogP contribution in [0.3, 0.4) is 0 Å². The number of nitrogens with one attached hydrogen (secondary N) is 2. The number of ether oxygens (including phenoxy) is 1. The van der Waals surface area contributed by atoms with Gasteiger partial charge >= 0.3 is 0 Å². The van der Waals surface area contributed by atoms with Gasteiger partial charge in [0.25, 0.3) is 11.6 Å². The van der Waals surface area contributed by atoms with Gasteiger partial charge in [-0.05, 0) is 24.3 Å². The first-order valence-corrected chi connectivity index (χ1v) is 7.46. The standard InChI is InChI=1S/C17H17N3O5/c1-25-15-4-2-3-13(11-15)19-16(21)9-10-18-17(22)12-5-7-14(8-6-12)20(23)24/h2-8,11H,9-10H2,1H3,(H,18,22)(H,19,21). The second kappa shape index (κ2) is 8.44. The van der Waals surface area contributed by atoms with Crippen molar-refractivity contribution in [3.05, 3.63) is 64.2 Å². The van der Waals surface area contributed by atoms with Crippen LogP contribution in [0.5, 0.6) is 5.75 Å². The number of amides is 2. The lowest BCUT2D eigenvalue weighted by Gasteiger charge is -2.08. The first kappa shape index (κ1) is 17.9. The highest BCUT2D eigenvalue weighted by molar-refractivity contribution is 5.95. The molecule has 25 heavy (non-hydrogen) atoms. The van der Waals surface area contributed by atoms with Gasteiger partial charge < -0.3 is 15.4 Å². The van der Waals surface area contributed by atoms with Crippen LogP contribution < -0.4 is 15.4 Å². The molecule has 0 atom stereocenters. The summed E-state index contributed by atoms with van der Waals surface area (Å²) in [4.78, 5) is 33.8. The summed E-state index contributed by atoms with van der Waals surface area (Å²) in [7, 11) is 1.54. The third kappa shape index (κ3) is 5.31. The van der Waals surface area contributed by atoms with E-state index in [0.29, 0.717) is 17.0 Å². The summed E-state index contributed by atoms with van der Waals surface area (Å²) in [5.74, 6) is -0.0226. The van der Waals surface area contributed by atoms with Crippen LogP contribution in [-0.4, -0.2) is 30.4 Å². The zero-order chi connectivity index (χ0) is 18.2. The van der Waals surface area contributed by atoms with Crippen LogP contribution in [0.25, 0.3) is 0 Å². The molecular weight excluding hydrogens is 326 g/mol. The van der Waals surface area contributed by atoms with Crippen LogP contribution in [-0.2, 0) is 4.79 Å². The molecule has 0 fully saturated rings. The monoisotopic (exact) mass is 343 g/mol. The van der Waals surface area contributed by atoms with Gasteiger partial charge in [-0.3, -0.25) is 19.7 Å². The molecule has 8 nitrogen and oxygen atoms in total. The van der Waals surface area contributed by atoms with Crippen LogP contribution >= 0.6 is 0 Å². The molecular formula is C17H17N3O5. The Bertz CT molecular complexity index is 774. The van der Waals surface area contributed by atoms with Gasteiger partial charge in [-0.1, -0.05) is 6.07 Å². The Morgan fingerprint density at radius 3 is 2.52 bits per heavy atom. The molecule has 0 aromatic heterocycles. The molecule has 2 aromatic carbocycles. The molecule has 2 amide bonds. The average molecular weight is 343 g/mol. The molecule has 0 bridgehead atoms. The highest BCUT2D eigenvalue weighted by Crippen LogP contribution is 2.16. The van der Waals surface area contributed by atoms with Crippen molar-refractivity contribution in [3.63, 3.8) is 0 Å². The quantitative estimate of drug-likeness (QED) is 0.592. The number of methoxy groups -OCH3 is 1. The summed E-state index contributed by atoms with van der Waals surface area (Å²) in [5.41, 5.74) is 0.805. The Balaban J connectivity index is 1.80. The molecule has 8 heteroatoms. The fourth-order valence-electron chi connectivity index (χ4n) is 2.05. The highest BCUT2D eigenvalue weighted by Gasteiger charge is 2.10. The third-order valence-corrected chi connectivity index (χ3v) is 3.33. The van der Waals surface area contributed by atoms with Crippen molar-refractivity contribution in [2.24, 2.45) is 0 Å². The van der Waals surface area contributed by atoms with Crippen molar-refractivity contribution < 1.29 is 19.2 Å². The van der Waals surface area contributed by atoms with E-state index >= 15 is 0 Å². The van der Waals surface area contributed by atoms with Crippen molar-refractivity contribution in [1.29, 1.82) is 0 Å². The maximum absolute atomic E-state index is 11.9. The number of non-ortho nitro benzene ring substituents is 1. The molecule has 0 spiro atoms. The third-order valence-electron chi connectivity index (χ3n) is 3.33. The van der Waals surface area contributed by atoms with Crippen LogP contribution in [0, 0.1) is 10.1 Å². The van der Waals surface area contributed by atoms with E-state index in [4.69, 9.17) is 4.74 Å². The molecule has 0 heterocycles. The molecule has 0 radical (unpaired) electrons. The Kier molecular flexibility index (Phi) is 6.05. The van der Waals surface area contributed by atoms with Crippen molar-refractivity contribution in [2.75, 3.05) is 19.0 Å². The number of hydrogen-bond donors (Lipinski definition) is 2. The fraction of sp³-hybridized carbons (Fsp3) is 0.176. The first-order chi connectivity index (χ1) is 12.0. The number of anilines is 1. The average Bonchev–Trinajstić information content (AvgIpc) is 2.61. The zero-order valence-electron chi connectivity index (χ0n) is 13.5. The predicted octanol–water partition coefficient (Wildman–Crippen LogP) is 2.36. The van der Waals surface area contributed by atoms with E-state index in [-0.39, 0.29) is 24.6 Å². The molecule has 0 aliphatic rings. The fourth-order valence-corrected chi connectivity index (χ4v) is 2.05. The molecule has 0 unspecified atom stereocenters. The SMILES string of the molecule is COc1cccc(NC(=O)CCNC(=O)c2ccc([N+](=O)[O-])cc2)c1. The molecule has 0 aliphatic heterocycles. The number of benzene rings is 2. The number of nitro benzene ring substituents is 1. The number of nitro groups is 1. The minimum absolute atomic E-state index is 0.0887. The Hall–Kier alpha value is -3.42. The Morgan fingerprint density at radius 2 is 1.88 bits per heavy atom. The second-order valence-electron chi connectivity index (χ2n) is 5.09. The minimum Gasteiger partial charge on any atom is -0.497 e.